The molecule has 0 radical (unpaired) electrons. The molecule has 3 N–H and O–H groups in total. The van der Waals surface area contributed by atoms with Gasteiger partial charge in [0.1, 0.15) is 5.69 Å². The Balaban J connectivity index is 3.23. The van der Waals surface area contributed by atoms with E-state index in [9.17, 15) is 23.3 Å². The lowest BCUT2D eigenvalue weighted by Gasteiger charge is -2.13. The third kappa shape index (κ3) is 2.83. The van der Waals surface area contributed by atoms with Gasteiger partial charge >= 0.3 is 6.18 Å². The number of nitrogens with one attached hydrogen (secondary N) is 1. The molecule has 1 rings (SSSR count). The number of guanidine groups is 1. The predicted octanol–water partition coefficient (Wildman–Crippen LogP) is 1.60. The van der Waals surface area contributed by atoms with Crippen molar-refractivity contribution in [1.82, 2.24) is 0 Å². The highest BCUT2D eigenvalue weighted by Crippen LogP contribution is 2.31. The predicted molar refractivity (Wildman–Crippen MR) is 52.8 cm³/mol. The number of halogens is 3. The molecule has 0 amide bonds. The van der Waals surface area contributed by atoms with Crippen LogP contribution in [0.25, 0.3) is 0 Å². The SMILES string of the molecule is N=C(N)N(c1cccc(C(F)(F)F)c1)[N+](=O)[O-]. The standard InChI is InChI=1S/C8H7F3N4O2/c9-8(10,11)5-2-1-3-6(4-5)14(7(12)13)15(16)17/h1-4H,(H3,12,13). The maximum Gasteiger partial charge on any atom is 0.416 e. The van der Waals surface area contributed by atoms with Crippen molar-refractivity contribution in [2.75, 3.05) is 5.01 Å². The molecule has 0 unspecified atom stereocenters. The molecule has 0 heterocycles. The van der Waals surface area contributed by atoms with Gasteiger partial charge in [-0.05, 0) is 23.2 Å². The number of benzene rings is 1. The van der Waals surface area contributed by atoms with Crippen molar-refractivity contribution in [3.05, 3.63) is 39.9 Å². The molecule has 9 heteroatoms. The summed E-state index contributed by atoms with van der Waals surface area (Å²) in [6.07, 6.45) is -4.62. The van der Waals surface area contributed by atoms with Gasteiger partial charge in [0.15, 0.2) is 5.03 Å². The monoisotopic (exact) mass is 248 g/mol. The van der Waals surface area contributed by atoms with Crippen molar-refractivity contribution in [2.45, 2.75) is 6.18 Å². The van der Waals surface area contributed by atoms with Gasteiger partial charge in [-0.15, -0.1) is 0 Å². The number of nitrogens with zero attached hydrogens (tertiary/aromatic N) is 2. The smallest absolute Gasteiger partial charge is 0.365 e. The Kier molecular flexibility index (Phi) is 3.21. The molecule has 0 saturated carbocycles. The largest absolute Gasteiger partial charge is 0.416 e. The molecule has 0 atom stereocenters. The molecular formula is C8H7F3N4O2. The Hall–Kier alpha value is -2.32. The Morgan fingerprint density at radius 3 is 2.47 bits per heavy atom. The van der Waals surface area contributed by atoms with E-state index in [1.807, 2.05) is 0 Å². The number of nitrogens with two attached hydrogens (primary N) is 1. The van der Waals surface area contributed by atoms with Gasteiger partial charge in [-0.3, -0.25) is 5.41 Å². The fourth-order valence-electron chi connectivity index (χ4n) is 1.14. The normalized spacial score (nSPS) is 11.0. The van der Waals surface area contributed by atoms with E-state index in [1.165, 1.54) is 0 Å². The Morgan fingerprint density at radius 1 is 1.47 bits per heavy atom. The van der Waals surface area contributed by atoms with Crippen LogP contribution in [-0.2, 0) is 6.18 Å². The first-order chi connectivity index (χ1) is 7.73. The van der Waals surface area contributed by atoms with Gasteiger partial charge in [0.25, 0.3) is 5.96 Å². The molecule has 0 fully saturated rings. The quantitative estimate of drug-likeness (QED) is 0.359. The molecule has 0 spiro atoms. The van der Waals surface area contributed by atoms with Crippen molar-refractivity contribution in [1.29, 1.82) is 5.41 Å². The second-order valence-corrected chi connectivity index (χ2v) is 2.98. The minimum absolute atomic E-state index is 0.0508. The molecule has 0 bridgehead atoms. The maximum atomic E-state index is 12.4. The Morgan fingerprint density at radius 2 is 2.06 bits per heavy atom. The van der Waals surface area contributed by atoms with Crippen LogP contribution in [-0.4, -0.2) is 11.0 Å². The maximum absolute atomic E-state index is 12.4. The molecule has 0 saturated heterocycles. The summed E-state index contributed by atoms with van der Waals surface area (Å²) < 4.78 is 37.1. The van der Waals surface area contributed by atoms with Crippen molar-refractivity contribution in [3.63, 3.8) is 0 Å². The van der Waals surface area contributed by atoms with Crippen LogP contribution < -0.4 is 10.7 Å². The van der Waals surface area contributed by atoms with Gasteiger partial charge in [-0.25, -0.2) is 10.1 Å². The second kappa shape index (κ2) is 4.28. The van der Waals surface area contributed by atoms with E-state index < -0.39 is 28.4 Å². The van der Waals surface area contributed by atoms with Gasteiger partial charge in [0, 0.05) is 0 Å². The number of hydrogen-bond donors (Lipinski definition) is 2. The van der Waals surface area contributed by atoms with Crippen molar-refractivity contribution >= 4 is 11.6 Å². The van der Waals surface area contributed by atoms with Crippen LogP contribution in [0.5, 0.6) is 0 Å². The first-order valence-corrected chi connectivity index (χ1v) is 4.19. The summed E-state index contributed by atoms with van der Waals surface area (Å²) in [5.41, 5.74) is 3.43. The fourth-order valence-corrected chi connectivity index (χ4v) is 1.14. The van der Waals surface area contributed by atoms with E-state index in [-0.39, 0.29) is 5.01 Å². The molecule has 17 heavy (non-hydrogen) atoms. The van der Waals surface area contributed by atoms with E-state index in [4.69, 9.17) is 11.1 Å². The number of rotatable bonds is 2. The third-order valence-electron chi connectivity index (χ3n) is 1.81. The zero-order chi connectivity index (χ0) is 13.2. The highest BCUT2D eigenvalue weighted by molar-refractivity contribution is 5.90. The van der Waals surface area contributed by atoms with Crippen LogP contribution in [0.4, 0.5) is 18.9 Å². The minimum atomic E-state index is -4.62. The van der Waals surface area contributed by atoms with Gasteiger partial charge in [0.2, 0.25) is 0 Å². The molecule has 0 aliphatic heterocycles. The molecule has 0 aliphatic rings. The average molecular weight is 248 g/mol. The Bertz CT molecular complexity index is 446. The zero-order valence-electron chi connectivity index (χ0n) is 8.23. The second-order valence-electron chi connectivity index (χ2n) is 2.98. The molecule has 0 aromatic heterocycles. The molecular weight excluding hydrogens is 241 g/mol. The minimum Gasteiger partial charge on any atom is -0.365 e. The number of alkyl halides is 3. The van der Waals surface area contributed by atoms with Crippen LogP contribution >= 0.6 is 0 Å². The highest BCUT2D eigenvalue weighted by Gasteiger charge is 2.32. The number of anilines is 1. The molecule has 92 valence electrons. The summed E-state index contributed by atoms with van der Waals surface area (Å²) in [5.74, 6) is -0.977. The van der Waals surface area contributed by atoms with Crippen molar-refractivity contribution in [3.8, 4) is 0 Å². The third-order valence-corrected chi connectivity index (χ3v) is 1.81. The average Bonchev–Trinajstić information content (AvgIpc) is 2.15. The van der Waals surface area contributed by atoms with E-state index in [0.29, 0.717) is 6.07 Å². The first-order valence-electron chi connectivity index (χ1n) is 4.19. The van der Waals surface area contributed by atoms with Gasteiger partial charge in [-0.1, -0.05) is 6.07 Å². The van der Waals surface area contributed by atoms with Crippen LogP contribution in [0.1, 0.15) is 5.56 Å². The summed E-state index contributed by atoms with van der Waals surface area (Å²) in [6.45, 7) is 0. The zero-order valence-corrected chi connectivity index (χ0v) is 8.23. The summed E-state index contributed by atoms with van der Waals surface area (Å²) >= 11 is 0. The van der Waals surface area contributed by atoms with Crippen LogP contribution in [0.2, 0.25) is 0 Å². The van der Waals surface area contributed by atoms with E-state index >= 15 is 0 Å². The van der Waals surface area contributed by atoms with E-state index in [1.54, 1.807) is 0 Å². The summed E-state index contributed by atoms with van der Waals surface area (Å²) in [6, 6.07) is 3.36. The molecule has 1 aromatic rings. The van der Waals surface area contributed by atoms with Crippen LogP contribution in [0.15, 0.2) is 24.3 Å². The molecule has 0 aliphatic carbocycles. The topological polar surface area (TPSA) is 96.2 Å². The van der Waals surface area contributed by atoms with E-state index in [2.05, 4.69) is 0 Å². The lowest BCUT2D eigenvalue weighted by Crippen LogP contribution is -2.41. The lowest BCUT2D eigenvalue weighted by atomic mass is 10.2. The fraction of sp³-hybridized carbons (Fsp3) is 0.125. The van der Waals surface area contributed by atoms with Gasteiger partial charge in [0.05, 0.1) is 5.56 Å². The highest BCUT2D eigenvalue weighted by atomic mass is 19.4. The van der Waals surface area contributed by atoms with Crippen molar-refractivity contribution < 1.29 is 18.2 Å². The van der Waals surface area contributed by atoms with Gasteiger partial charge in [-0.2, -0.15) is 13.2 Å². The van der Waals surface area contributed by atoms with Crippen molar-refractivity contribution in [2.24, 2.45) is 5.73 Å². The lowest BCUT2D eigenvalue weighted by molar-refractivity contribution is -0.479. The molecule has 1 aromatic carbocycles. The number of nitro groups is 1. The summed E-state index contributed by atoms with van der Waals surface area (Å²) in [5, 5.41) is 16.4. The first kappa shape index (κ1) is 12.7. The van der Waals surface area contributed by atoms with E-state index in [0.717, 1.165) is 18.2 Å². The van der Waals surface area contributed by atoms with Gasteiger partial charge < -0.3 is 5.73 Å². The summed E-state index contributed by atoms with van der Waals surface area (Å²) in [7, 11) is 0. The number of hydrogen-bond acceptors (Lipinski definition) is 3. The number of hydrazine groups is 1. The van der Waals surface area contributed by atoms with Crippen LogP contribution in [0, 0.1) is 15.5 Å². The summed E-state index contributed by atoms with van der Waals surface area (Å²) in [4.78, 5) is 10.5. The Labute approximate surface area is 93.1 Å². The van der Waals surface area contributed by atoms with Crippen LogP contribution in [0.3, 0.4) is 0 Å². The molecule has 6 nitrogen and oxygen atoms in total.